The average Bonchev–Trinajstić information content (AvgIpc) is 3.35. The molecule has 2 atom stereocenters. The van der Waals surface area contributed by atoms with Crippen LogP contribution in [0.25, 0.3) is 0 Å². The summed E-state index contributed by atoms with van der Waals surface area (Å²) in [6.45, 7) is -0.0352. The Morgan fingerprint density at radius 2 is 1.80 bits per heavy atom. The number of aromatic nitrogens is 2. The maximum atomic E-state index is 13.7. The molecule has 0 aliphatic carbocycles. The Morgan fingerprint density at radius 3 is 2.43 bits per heavy atom. The molecule has 0 amide bonds. The fourth-order valence-electron chi connectivity index (χ4n) is 3.79. The number of halogens is 2. The second-order valence-corrected chi connectivity index (χ2v) is 9.22. The van der Waals surface area contributed by atoms with Crippen LogP contribution in [-0.4, -0.2) is 41.1 Å². The van der Waals surface area contributed by atoms with E-state index in [1.54, 1.807) is 19.2 Å². The first-order valence-electron chi connectivity index (χ1n) is 9.29. The first kappa shape index (κ1) is 20.4. The van der Waals surface area contributed by atoms with Crippen LogP contribution in [0.2, 0.25) is 0 Å². The number of nitrogens with zero attached hydrogens (tertiary/aromatic N) is 3. The van der Waals surface area contributed by atoms with Crippen molar-refractivity contribution in [2.24, 2.45) is 13.0 Å². The summed E-state index contributed by atoms with van der Waals surface area (Å²) in [6.07, 6.45) is 2.78. The molecule has 4 rings (SSSR count). The minimum atomic E-state index is -3.92. The molecule has 0 radical (unpaired) electrons. The van der Waals surface area contributed by atoms with Gasteiger partial charge in [-0.15, -0.1) is 0 Å². The van der Waals surface area contributed by atoms with Gasteiger partial charge in [-0.25, -0.2) is 22.2 Å². The lowest BCUT2D eigenvalue weighted by molar-refractivity contribution is 0.0917. The Balaban J connectivity index is 1.72. The zero-order valence-electron chi connectivity index (χ0n) is 16.1. The highest BCUT2D eigenvalue weighted by Gasteiger charge is 2.44. The maximum absolute atomic E-state index is 13.7. The molecule has 0 unspecified atom stereocenters. The zero-order chi connectivity index (χ0) is 21.5. The van der Waals surface area contributed by atoms with E-state index in [0.717, 1.165) is 6.07 Å². The van der Waals surface area contributed by atoms with E-state index in [0.29, 0.717) is 5.56 Å². The van der Waals surface area contributed by atoms with Crippen LogP contribution >= 0.6 is 0 Å². The van der Waals surface area contributed by atoms with Crippen molar-refractivity contribution in [3.63, 3.8) is 0 Å². The van der Waals surface area contributed by atoms with Crippen molar-refractivity contribution in [2.45, 2.75) is 10.9 Å². The smallest absolute Gasteiger partial charge is 0.262 e. The van der Waals surface area contributed by atoms with Gasteiger partial charge in [0, 0.05) is 43.7 Å². The van der Waals surface area contributed by atoms with E-state index in [4.69, 9.17) is 0 Å². The summed E-state index contributed by atoms with van der Waals surface area (Å²) in [6, 6.07) is 11.0. The second-order valence-electron chi connectivity index (χ2n) is 7.34. The molecule has 2 heterocycles. The van der Waals surface area contributed by atoms with Crippen LogP contribution in [0.3, 0.4) is 0 Å². The summed E-state index contributed by atoms with van der Waals surface area (Å²) in [7, 11) is -2.26. The normalized spacial score (nSPS) is 19.8. The lowest BCUT2D eigenvalue weighted by atomic mass is 9.84. The minimum Gasteiger partial charge on any atom is -0.339 e. The predicted molar refractivity (Wildman–Crippen MR) is 105 cm³/mol. The number of imidazole rings is 1. The number of carbonyl (C=O) groups excluding carboxylic acids is 1. The summed E-state index contributed by atoms with van der Waals surface area (Å²) in [5, 5.41) is -0.110. The van der Waals surface area contributed by atoms with E-state index in [-0.39, 0.29) is 29.5 Å². The molecule has 0 saturated carbocycles. The molecule has 1 aliphatic heterocycles. The van der Waals surface area contributed by atoms with Gasteiger partial charge in [0.25, 0.3) is 10.0 Å². The van der Waals surface area contributed by atoms with E-state index in [9.17, 15) is 22.0 Å². The first-order chi connectivity index (χ1) is 14.3. The summed E-state index contributed by atoms with van der Waals surface area (Å²) < 4.78 is 55.9. The van der Waals surface area contributed by atoms with E-state index in [1.165, 1.54) is 51.7 Å². The van der Waals surface area contributed by atoms with E-state index >= 15 is 0 Å². The summed E-state index contributed by atoms with van der Waals surface area (Å²) in [5.74, 6) is -2.57. The number of ketones is 1. The molecule has 2 aromatic carbocycles. The molecule has 1 fully saturated rings. The van der Waals surface area contributed by atoms with Gasteiger partial charge in [-0.05, 0) is 29.8 Å². The van der Waals surface area contributed by atoms with Crippen molar-refractivity contribution in [3.8, 4) is 0 Å². The Morgan fingerprint density at radius 1 is 1.07 bits per heavy atom. The summed E-state index contributed by atoms with van der Waals surface area (Å²) >= 11 is 0. The topological polar surface area (TPSA) is 72.3 Å². The average molecular weight is 431 g/mol. The van der Waals surface area contributed by atoms with Gasteiger partial charge in [0.05, 0.1) is 6.33 Å². The number of benzene rings is 2. The number of Topliss-reactive ketones (excluding diaryl/α,β-unsaturated/α-hetero) is 1. The third kappa shape index (κ3) is 3.78. The molecular weight excluding hydrogens is 412 g/mol. The third-order valence-electron chi connectivity index (χ3n) is 5.32. The molecule has 0 bridgehead atoms. The molecule has 156 valence electrons. The number of rotatable bonds is 5. The molecule has 1 aliphatic rings. The largest absolute Gasteiger partial charge is 0.339 e. The van der Waals surface area contributed by atoms with Crippen molar-refractivity contribution in [2.75, 3.05) is 13.1 Å². The summed E-state index contributed by atoms with van der Waals surface area (Å²) in [5.41, 5.74) is 0.814. The Kier molecular flexibility index (Phi) is 5.25. The molecule has 1 aromatic heterocycles. The van der Waals surface area contributed by atoms with Crippen LogP contribution in [-0.2, 0) is 17.1 Å². The Bertz CT molecular complexity index is 1190. The maximum Gasteiger partial charge on any atom is 0.262 e. The van der Waals surface area contributed by atoms with Gasteiger partial charge in [0.15, 0.2) is 10.8 Å². The number of sulfonamides is 1. The molecule has 30 heavy (non-hydrogen) atoms. The van der Waals surface area contributed by atoms with Crippen molar-refractivity contribution in [1.29, 1.82) is 0 Å². The van der Waals surface area contributed by atoms with Gasteiger partial charge in [-0.1, -0.05) is 24.3 Å². The molecular formula is C21H19F2N3O3S. The number of hydrogen-bond donors (Lipinski definition) is 0. The van der Waals surface area contributed by atoms with E-state index < -0.39 is 33.5 Å². The van der Waals surface area contributed by atoms with Crippen LogP contribution in [0.1, 0.15) is 21.8 Å². The van der Waals surface area contributed by atoms with E-state index in [1.807, 2.05) is 0 Å². The van der Waals surface area contributed by atoms with E-state index in [2.05, 4.69) is 4.98 Å². The quantitative estimate of drug-likeness (QED) is 0.583. The molecule has 0 N–H and O–H groups in total. The molecule has 9 heteroatoms. The van der Waals surface area contributed by atoms with Crippen LogP contribution in [0, 0.1) is 17.6 Å². The summed E-state index contributed by atoms with van der Waals surface area (Å²) in [4.78, 5) is 17.1. The lowest BCUT2D eigenvalue weighted by Crippen LogP contribution is -2.30. The Hall–Kier alpha value is -2.91. The van der Waals surface area contributed by atoms with Crippen LogP contribution < -0.4 is 0 Å². The monoisotopic (exact) mass is 431 g/mol. The molecule has 3 aromatic rings. The molecule has 1 saturated heterocycles. The van der Waals surface area contributed by atoms with Crippen molar-refractivity contribution in [1.82, 2.24) is 13.9 Å². The van der Waals surface area contributed by atoms with Gasteiger partial charge in [-0.3, -0.25) is 4.79 Å². The zero-order valence-corrected chi connectivity index (χ0v) is 16.9. The van der Waals surface area contributed by atoms with Crippen molar-refractivity contribution in [3.05, 3.63) is 83.8 Å². The minimum absolute atomic E-state index is 0.0380. The van der Waals surface area contributed by atoms with Crippen molar-refractivity contribution < 1.29 is 22.0 Å². The van der Waals surface area contributed by atoms with Crippen LogP contribution in [0.5, 0.6) is 0 Å². The van der Waals surface area contributed by atoms with Gasteiger partial charge < -0.3 is 4.57 Å². The van der Waals surface area contributed by atoms with Crippen LogP contribution in [0.15, 0.2) is 66.1 Å². The number of carbonyl (C=O) groups is 1. The predicted octanol–water partition coefficient (Wildman–Crippen LogP) is 2.99. The highest BCUT2D eigenvalue weighted by Crippen LogP contribution is 2.37. The van der Waals surface area contributed by atoms with Gasteiger partial charge >= 0.3 is 0 Å². The SMILES string of the molecule is Cn1cnc(S(=O)(=O)N2C[C@H](C(=O)c3cccc(F)c3)[C@@H](c3ccc(F)cc3)C2)c1. The van der Waals surface area contributed by atoms with Gasteiger partial charge in [0.1, 0.15) is 11.6 Å². The molecule has 6 nitrogen and oxygen atoms in total. The van der Waals surface area contributed by atoms with Gasteiger partial charge in [-0.2, -0.15) is 4.31 Å². The second kappa shape index (κ2) is 7.73. The first-order valence-corrected chi connectivity index (χ1v) is 10.7. The highest BCUT2D eigenvalue weighted by atomic mass is 32.2. The number of hydrogen-bond acceptors (Lipinski definition) is 4. The third-order valence-corrected chi connectivity index (χ3v) is 7.03. The fourth-order valence-corrected chi connectivity index (χ4v) is 5.25. The van der Waals surface area contributed by atoms with Gasteiger partial charge in [0.2, 0.25) is 0 Å². The molecule has 0 spiro atoms. The van der Waals surface area contributed by atoms with Crippen molar-refractivity contribution >= 4 is 15.8 Å². The number of aryl methyl sites for hydroxylation is 1. The fraction of sp³-hybridized carbons (Fsp3) is 0.238. The van der Waals surface area contributed by atoms with Crippen LogP contribution in [0.4, 0.5) is 8.78 Å². The lowest BCUT2D eigenvalue weighted by Gasteiger charge is -2.17. The standard InChI is InChI=1S/C21H19F2N3O3S/c1-25-12-20(24-13-25)30(28,29)26-10-18(14-5-7-16(22)8-6-14)19(11-26)21(27)15-3-2-4-17(23)9-15/h2-9,12-13,18-19H,10-11H2,1H3/t18-,19+/m1/s1. The Labute approximate surface area is 172 Å². The highest BCUT2D eigenvalue weighted by molar-refractivity contribution is 7.89.